The van der Waals surface area contributed by atoms with E-state index >= 15 is 0 Å². The van der Waals surface area contributed by atoms with Gasteiger partial charge >= 0.3 is 0 Å². The first-order chi connectivity index (χ1) is 8.15. The maximum atomic E-state index is 5.48. The molecule has 1 aliphatic rings. The van der Waals surface area contributed by atoms with E-state index in [2.05, 4.69) is 43.9 Å². The maximum absolute atomic E-state index is 5.48. The predicted molar refractivity (Wildman–Crippen MR) is 75.3 cm³/mol. The number of hydrogen-bond donors (Lipinski definition) is 1. The third-order valence-electron chi connectivity index (χ3n) is 3.54. The largest absolute Gasteiger partial charge is 0.496 e. The van der Waals surface area contributed by atoms with Crippen molar-refractivity contribution in [2.24, 2.45) is 0 Å². The minimum atomic E-state index is 0.590. The molecule has 1 N–H and O–H groups in total. The Balaban J connectivity index is 2.40. The van der Waals surface area contributed by atoms with Crippen LogP contribution in [-0.4, -0.2) is 26.0 Å². The van der Waals surface area contributed by atoms with Crippen molar-refractivity contribution in [2.75, 3.05) is 26.0 Å². The highest BCUT2D eigenvalue weighted by molar-refractivity contribution is 7.99. The summed E-state index contributed by atoms with van der Waals surface area (Å²) in [6.45, 7) is 8.72. The fraction of sp³-hybridized carbons (Fsp3) is 0.571. The lowest BCUT2D eigenvalue weighted by Crippen LogP contribution is -2.28. The van der Waals surface area contributed by atoms with Crippen molar-refractivity contribution in [3.05, 3.63) is 28.3 Å². The quantitative estimate of drug-likeness (QED) is 0.873. The van der Waals surface area contributed by atoms with E-state index in [1.54, 1.807) is 7.11 Å². The number of rotatable bonds is 2. The molecule has 2 rings (SSSR count). The van der Waals surface area contributed by atoms with Crippen LogP contribution < -0.4 is 10.1 Å². The van der Waals surface area contributed by atoms with Crippen molar-refractivity contribution in [3.63, 3.8) is 0 Å². The Bertz CT molecular complexity index is 411. The van der Waals surface area contributed by atoms with Crippen molar-refractivity contribution < 1.29 is 4.74 Å². The summed E-state index contributed by atoms with van der Waals surface area (Å²) in [4.78, 5) is 0. The first-order valence-corrected chi connectivity index (χ1v) is 7.17. The molecule has 1 aromatic carbocycles. The molecule has 0 spiro atoms. The molecular weight excluding hydrogens is 230 g/mol. The number of aryl methyl sites for hydroxylation is 1. The Morgan fingerprint density at radius 1 is 1.29 bits per heavy atom. The Morgan fingerprint density at radius 2 is 2.06 bits per heavy atom. The average molecular weight is 251 g/mol. The second-order valence-electron chi connectivity index (χ2n) is 4.63. The Morgan fingerprint density at radius 3 is 2.65 bits per heavy atom. The van der Waals surface area contributed by atoms with Crippen LogP contribution in [0.3, 0.4) is 0 Å². The van der Waals surface area contributed by atoms with Gasteiger partial charge in [-0.25, -0.2) is 0 Å². The summed E-state index contributed by atoms with van der Waals surface area (Å²) in [6.07, 6.45) is 0. The standard InChI is InChI=1S/C14H21NOS/c1-9-7-12(13-8-15-5-6-17-13)10(2)11(3)14(9)16-4/h7,13,15H,5-6,8H2,1-4H3. The van der Waals surface area contributed by atoms with E-state index in [4.69, 9.17) is 4.74 Å². The van der Waals surface area contributed by atoms with Gasteiger partial charge in [-0.3, -0.25) is 0 Å². The molecule has 2 nitrogen and oxygen atoms in total. The SMILES string of the molecule is COc1c(C)cc(C2CNCCS2)c(C)c1C. The molecule has 17 heavy (non-hydrogen) atoms. The van der Waals surface area contributed by atoms with Crippen LogP contribution in [0.25, 0.3) is 0 Å². The van der Waals surface area contributed by atoms with E-state index in [-0.39, 0.29) is 0 Å². The zero-order valence-electron chi connectivity index (χ0n) is 11.1. The summed E-state index contributed by atoms with van der Waals surface area (Å²) in [5, 5.41) is 4.07. The van der Waals surface area contributed by atoms with Crippen molar-refractivity contribution in [2.45, 2.75) is 26.0 Å². The van der Waals surface area contributed by atoms with Crippen LogP contribution in [0.4, 0.5) is 0 Å². The van der Waals surface area contributed by atoms with Crippen LogP contribution in [0.15, 0.2) is 6.07 Å². The molecule has 1 saturated heterocycles. The van der Waals surface area contributed by atoms with Gasteiger partial charge < -0.3 is 10.1 Å². The molecule has 0 aromatic heterocycles. The first kappa shape index (κ1) is 12.8. The van der Waals surface area contributed by atoms with Gasteiger partial charge in [0.1, 0.15) is 5.75 Å². The molecule has 0 aliphatic carbocycles. The number of benzene rings is 1. The summed E-state index contributed by atoms with van der Waals surface area (Å²) in [5.74, 6) is 2.24. The highest BCUT2D eigenvalue weighted by atomic mass is 32.2. The van der Waals surface area contributed by atoms with E-state index < -0.39 is 0 Å². The van der Waals surface area contributed by atoms with Gasteiger partial charge in [-0.15, -0.1) is 0 Å². The number of hydrogen-bond acceptors (Lipinski definition) is 3. The Hall–Kier alpha value is -0.670. The molecule has 1 aliphatic heterocycles. The molecule has 0 bridgehead atoms. The third kappa shape index (κ3) is 2.45. The predicted octanol–water partition coefficient (Wildman–Crippen LogP) is 3.00. The van der Waals surface area contributed by atoms with Crippen molar-refractivity contribution in [3.8, 4) is 5.75 Å². The highest BCUT2D eigenvalue weighted by Gasteiger charge is 2.20. The molecule has 94 valence electrons. The first-order valence-electron chi connectivity index (χ1n) is 6.12. The molecule has 3 heteroatoms. The van der Waals surface area contributed by atoms with E-state index in [0.717, 1.165) is 18.8 Å². The van der Waals surface area contributed by atoms with Crippen LogP contribution >= 0.6 is 11.8 Å². The fourth-order valence-corrected chi connectivity index (χ4v) is 3.71. The van der Waals surface area contributed by atoms with Gasteiger partial charge in [-0.2, -0.15) is 11.8 Å². The van der Waals surface area contributed by atoms with Gasteiger partial charge in [0.2, 0.25) is 0 Å². The van der Waals surface area contributed by atoms with Gasteiger partial charge in [-0.05, 0) is 43.0 Å². The number of nitrogens with one attached hydrogen (secondary N) is 1. The summed E-state index contributed by atoms with van der Waals surface area (Å²) < 4.78 is 5.48. The van der Waals surface area contributed by atoms with Crippen LogP contribution in [0, 0.1) is 20.8 Å². The molecule has 0 amide bonds. The zero-order chi connectivity index (χ0) is 12.4. The molecule has 1 aromatic rings. The van der Waals surface area contributed by atoms with Crippen LogP contribution in [0.2, 0.25) is 0 Å². The number of thioether (sulfide) groups is 1. The second-order valence-corrected chi connectivity index (χ2v) is 5.94. The molecule has 1 heterocycles. The summed E-state index contributed by atoms with van der Waals surface area (Å²) in [7, 11) is 1.76. The molecule has 1 fully saturated rings. The maximum Gasteiger partial charge on any atom is 0.124 e. The minimum absolute atomic E-state index is 0.590. The van der Waals surface area contributed by atoms with Gasteiger partial charge in [0.05, 0.1) is 7.11 Å². The third-order valence-corrected chi connectivity index (χ3v) is 4.81. The summed E-state index contributed by atoms with van der Waals surface area (Å²) in [6, 6.07) is 2.30. The topological polar surface area (TPSA) is 21.3 Å². The van der Waals surface area contributed by atoms with Gasteiger partial charge in [-0.1, -0.05) is 6.07 Å². The van der Waals surface area contributed by atoms with E-state index in [0.29, 0.717) is 5.25 Å². The van der Waals surface area contributed by atoms with E-state index in [9.17, 15) is 0 Å². The van der Waals surface area contributed by atoms with E-state index in [1.165, 1.54) is 28.0 Å². The smallest absolute Gasteiger partial charge is 0.124 e. The monoisotopic (exact) mass is 251 g/mol. The Kier molecular flexibility index (Phi) is 4.00. The Labute approximate surface area is 108 Å². The normalized spacial score (nSPS) is 20.4. The molecule has 1 unspecified atom stereocenters. The van der Waals surface area contributed by atoms with Gasteiger partial charge in [0.25, 0.3) is 0 Å². The number of methoxy groups -OCH3 is 1. The fourth-order valence-electron chi connectivity index (χ4n) is 2.50. The summed E-state index contributed by atoms with van der Waals surface area (Å²) >= 11 is 2.06. The van der Waals surface area contributed by atoms with Gasteiger partial charge in [0, 0.05) is 24.1 Å². The molecule has 0 saturated carbocycles. The van der Waals surface area contributed by atoms with Crippen molar-refractivity contribution >= 4 is 11.8 Å². The van der Waals surface area contributed by atoms with Crippen molar-refractivity contribution in [1.29, 1.82) is 0 Å². The summed E-state index contributed by atoms with van der Waals surface area (Å²) in [5.41, 5.74) is 5.39. The van der Waals surface area contributed by atoms with Crippen LogP contribution in [0.1, 0.15) is 27.5 Å². The lowest BCUT2D eigenvalue weighted by Gasteiger charge is -2.26. The zero-order valence-corrected chi connectivity index (χ0v) is 11.9. The average Bonchev–Trinajstić information content (AvgIpc) is 2.35. The minimum Gasteiger partial charge on any atom is -0.496 e. The lowest BCUT2D eigenvalue weighted by atomic mass is 9.96. The highest BCUT2D eigenvalue weighted by Crippen LogP contribution is 2.37. The van der Waals surface area contributed by atoms with Crippen molar-refractivity contribution in [1.82, 2.24) is 5.32 Å². The molecular formula is C14H21NOS. The molecule has 1 atom stereocenters. The molecule has 0 radical (unpaired) electrons. The van der Waals surface area contributed by atoms with Crippen LogP contribution in [-0.2, 0) is 0 Å². The lowest BCUT2D eigenvalue weighted by molar-refractivity contribution is 0.408. The number of ether oxygens (including phenoxy) is 1. The van der Waals surface area contributed by atoms with E-state index in [1.807, 2.05) is 0 Å². The van der Waals surface area contributed by atoms with Gasteiger partial charge in [0.15, 0.2) is 0 Å². The van der Waals surface area contributed by atoms with Crippen LogP contribution in [0.5, 0.6) is 5.75 Å². The second kappa shape index (κ2) is 5.32.